The average Bonchev–Trinajstić information content (AvgIpc) is 3.86. The summed E-state index contributed by atoms with van der Waals surface area (Å²) in [5.74, 6) is 3.33. The van der Waals surface area contributed by atoms with E-state index in [0.717, 1.165) is 61.8 Å². The first kappa shape index (κ1) is 43.7. The van der Waals surface area contributed by atoms with E-state index >= 15 is 0 Å². The molecule has 10 rings (SSSR count). The van der Waals surface area contributed by atoms with Crippen molar-refractivity contribution in [1.29, 1.82) is 0 Å². The van der Waals surface area contributed by atoms with Crippen LogP contribution in [0.2, 0.25) is 0 Å². The zero-order valence-corrected chi connectivity index (χ0v) is 40.1. The number of fused-ring (bicyclic) bond motifs is 4. The quantitative estimate of drug-likeness (QED) is 0.130. The number of benzene rings is 7. The predicted octanol–water partition coefficient (Wildman–Crippen LogP) is 17.5. The number of aryl methyl sites for hydroxylation is 1. The fraction of sp³-hybridized carbons (Fsp3) is 0.230. The lowest BCUT2D eigenvalue weighted by Gasteiger charge is -2.30. The van der Waals surface area contributed by atoms with Crippen molar-refractivity contribution < 1.29 is 9.13 Å². The molecule has 0 saturated heterocycles. The Hall–Kier alpha value is -7.18. The van der Waals surface area contributed by atoms with Gasteiger partial charge in [-0.05, 0) is 160 Å². The predicted molar refractivity (Wildman–Crippen MR) is 279 cm³/mol. The smallest absolute Gasteiger partial charge is 0.137 e. The molecule has 0 N–H and O–H groups in total. The number of pyridine rings is 1. The number of para-hydroxylation sites is 1. The number of ether oxygens (including phenoxy) is 1. The highest BCUT2D eigenvalue weighted by atomic mass is 19.1. The summed E-state index contributed by atoms with van der Waals surface area (Å²) in [6, 6.07) is 53.1. The summed E-state index contributed by atoms with van der Waals surface area (Å²) in [5, 5.41) is 2.31. The van der Waals surface area contributed by atoms with Crippen LogP contribution in [0, 0.1) is 12.7 Å². The maximum atomic E-state index is 14.1. The van der Waals surface area contributed by atoms with Gasteiger partial charge in [-0.15, -0.1) is 0 Å². The molecule has 5 nitrogen and oxygen atoms in total. The van der Waals surface area contributed by atoms with E-state index in [1.165, 1.54) is 50.1 Å². The third-order valence-electron chi connectivity index (χ3n) is 13.5. The summed E-state index contributed by atoms with van der Waals surface area (Å²) in [6.45, 7) is 21.0. The van der Waals surface area contributed by atoms with Crippen molar-refractivity contribution in [3.8, 4) is 39.6 Å². The Morgan fingerprint density at radius 2 is 1.24 bits per heavy atom. The topological polar surface area (TPSA) is 33.5 Å². The fourth-order valence-electron chi connectivity index (χ4n) is 9.98. The van der Waals surface area contributed by atoms with E-state index in [4.69, 9.17) is 9.72 Å². The second-order valence-electron chi connectivity index (χ2n) is 19.5. The lowest BCUT2D eigenvalue weighted by molar-refractivity contribution is 0.483. The summed E-state index contributed by atoms with van der Waals surface area (Å²) >= 11 is 0. The van der Waals surface area contributed by atoms with Gasteiger partial charge in [-0.3, -0.25) is 4.57 Å². The molecule has 67 heavy (non-hydrogen) atoms. The first-order chi connectivity index (χ1) is 32.3. The van der Waals surface area contributed by atoms with Crippen molar-refractivity contribution in [1.82, 2.24) is 9.55 Å². The van der Waals surface area contributed by atoms with Gasteiger partial charge in [0.1, 0.15) is 29.8 Å². The Morgan fingerprint density at radius 1 is 0.522 bits per heavy atom. The molecule has 336 valence electrons. The lowest BCUT2D eigenvalue weighted by atomic mass is 9.87. The maximum Gasteiger partial charge on any atom is 0.137 e. The summed E-state index contributed by atoms with van der Waals surface area (Å²) in [6.07, 6.45) is 1.84. The van der Waals surface area contributed by atoms with Crippen LogP contribution in [0.15, 0.2) is 158 Å². The molecule has 1 aliphatic rings. The van der Waals surface area contributed by atoms with Crippen LogP contribution < -0.4 is 14.5 Å². The van der Waals surface area contributed by atoms with Crippen molar-refractivity contribution in [2.45, 2.75) is 86.0 Å². The van der Waals surface area contributed by atoms with Gasteiger partial charge in [0.05, 0.1) is 22.4 Å². The number of rotatable bonds is 11. The van der Waals surface area contributed by atoms with E-state index in [1.807, 2.05) is 30.5 Å². The van der Waals surface area contributed by atoms with Crippen molar-refractivity contribution in [2.24, 2.45) is 0 Å². The first-order valence-electron chi connectivity index (χ1n) is 23.8. The number of hydrogen-bond donors (Lipinski definition) is 0. The van der Waals surface area contributed by atoms with Gasteiger partial charge in [0.15, 0.2) is 0 Å². The van der Waals surface area contributed by atoms with Gasteiger partial charge in [0, 0.05) is 40.5 Å². The molecule has 0 aliphatic carbocycles. The zero-order valence-electron chi connectivity index (χ0n) is 40.1. The van der Waals surface area contributed by atoms with Gasteiger partial charge in [-0.1, -0.05) is 116 Å². The van der Waals surface area contributed by atoms with E-state index in [-0.39, 0.29) is 17.7 Å². The van der Waals surface area contributed by atoms with Crippen LogP contribution in [0.4, 0.5) is 27.1 Å². The summed E-state index contributed by atoms with van der Waals surface area (Å²) < 4.78 is 23.4. The molecular weight excluding hydrogens is 824 g/mol. The minimum atomic E-state index is -0.228. The van der Waals surface area contributed by atoms with Gasteiger partial charge < -0.3 is 14.5 Å². The van der Waals surface area contributed by atoms with Crippen LogP contribution in [0.25, 0.3) is 49.9 Å². The number of halogens is 1. The van der Waals surface area contributed by atoms with Gasteiger partial charge in [-0.25, -0.2) is 9.37 Å². The molecule has 0 unspecified atom stereocenters. The van der Waals surface area contributed by atoms with Crippen molar-refractivity contribution in [3.63, 3.8) is 0 Å². The Balaban J connectivity index is 1.14. The summed E-state index contributed by atoms with van der Waals surface area (Å²) in [7, 11) is 0. The van der Waals surface area contributed by atoms with Crippen LogP contribution in [0.3, 0.4) is 0 Å². The van der Waals surface area contributed by atoms with Crippen LogP contribution in [-0.4, -0.2) is 16.2 Å². The Morgan fingerprint density at radius 3 is 1.94 bits per heavy atom. The highest BCUT2D eigenvalue weighted by Gasteiger charge is 2.33. The minimum absolute atomic E-state index is 0.228. The molecule has 0 fully saturated rings. The van der Waals surface area contributed by atoms with E-state index in [1.54, 1.807) is 12.1 Å². The number of aromatic nitrogens is 2. The second kappa shape index (κ2) is 17.6. The van der Waals surface area contributed by atoms with Crippen LogP contribution in [0.5, 0.6) is 11.5 Å². The average molecular weight is 883 g/mol. The monoisotopic (exact) mass is 882 g/mol. The summed E-state index contributed by atoms with van der Waals surface area (Å²) in [5.41, 5.74) is 17.6. The molecule has 0 radical (unpaired) electrons. The Bertz CT molecular complexity index is 3260. The number of anilines is 4. The molecule has 7 aromatic carbocycles. The molecule has 2 aromatic heterocycles. The van der Waals surface area contributed by atoms with Gasteiger partial charge in [0.25, 0.3) is 0 Å². The Kier molecular flexibility index (Phi) is 11.5. The molecule has 0 saturated carbocycles. The van der Waals surface area contributed by atoms with Gasteiger partial charge in [0.2, 0.25) is 0 Å². The second-order valence-corrected chi connectivity index (χ2v) is 19.5. The highest BCUT2D eigenvalue weighted by Crippen LogP contribution is 2.51. The molecular formula is C61H59FN4O. The van der Waals surface area contributed by atoms with Crippen molar-refractivity contribution in [3.05, 3.63) is 191 Å². The van der Waals surface area contributed by atoms with Crippen LogP contribution in [-0.2, 0) is 0 Å². The minimum Gasteiger partial charge on any atom is -0.457 e. The fourth-order valence-corrected chi connectivity index (χ4v) is 9.98. The normalized spacial score (nSPS) is 12.7. The zero-order chi connectivity index (χ0) is 46.7. The number of nitrogens with zero attached hydrogens (tertiary/aromatic N) is 4. The van der Waals surface area contributed by atoms with E-state index < -0.39 is 0 Å². The maximum absolute atomic E-state index is 14.1. The van der Waals surface area contributed by atoms with Crippen LogP contribution in [0.1, 0.15) is 107 Å². The molecule has 1 aliphatic heterocycles. The molecule has 0 bridgehead atoms. The third kappa shape index (κ3) is 8.13. The SMILES string of the molecule is Cc1ccc2c(c1)N(c1c(C(C)C)cc(-c3ccc(F)cc3)cc1C(C)C)CN2c1cc(Oc2ccc3c4ccccc4n(-c4ccccn4)c3c2)cc(-c2ccc(C(C)C)cc2C(C)C)c1. The Labute approximate surface area is 395 Å². The van der Waals surface area contributed by atoms with E-state index in [9.17, 15) is 4.39 Å². The van der Waals surface area contributed by atoms with Crippen molar-refractivity contribution in [2.75, 3.05) is 16.5 Å². The number of hydrogen-bond acceptors (Lipinski definition) is 4. The van der Waals surface area contributed by atoms with Gasteiger partial charge >= 0.3 is 0 Å². The lowest BCUT2D eigenvalue weighted by Crippen LogP contribution is -2.26. The highest BCUT2D eigenvalue weighted by molar-refractivity contribution is 6.09. The van der Waals surface area contributed by atoms with E-state index in [0.29, 0.717) is 18.5 Å². The summed E-state index contributed by atoms with van der Waals surface area (Å²) in [4.78, 5) is 9.75. The largest absolute Gasteiger partial charge is 0.457 e. The van der Waals surface area contributed by atoms with Crippen molar-refractivity contribution >= 4 is 44.6 Å². The van der Waals surface area contributed by atoms with Gasteiger partial charge in [-0.2, -0.15) is 0 Å². The standard InChI is InChI=1S/C61H59FN4O/c1-37(2)43-20-24-50(53(31-43)38(3)4)45-29-47(34-49(30-45)67-48-23-25-52-51-14-10-11-15-56(51)66(58(52)35-48)60-16-12-13-27-63-60)64-36-65(59-28-41(9)17-26-57(59)64)61-54(39(5)6)32-44(33-55(61)40(7)8)42-18-21-46(62)22-19-42/h10-35,37-40H,36H2,1-9H3. The molecule has 6 heteroatoms. The first-order valence-corrected chi connectivity index (χ1v) is 23.8. The molecule has 9 aromatic rings. The molecule has 0 amide bonds. The van der Waals surface area contributed by atoms with Crippen LogP contribution >= 0.6 is 0 Å². The molecule has 3 heterocycles. The molecule has 0 atom stereocenters. The third-order valence-corrected chi connectivity index (χ3v) is 13.5. The molecule has 0 spiro atoms. The van der Waals surface area contributed by atoms with E-state index in [2.05, 4.69) is 192 Å².